The highest BCUT2D eigenvalue weighted by molar-refractivity contribution is 6.99. The summed E-state index contributed by atoms with van der Waals surface area (Å²) < 4.78 is 24.7. The maximum atomic E-state index is 12.6. The molecule has 0 spiro atoms. The monoisotopic (exact) mass is 362 g/mol. The predicted molar refractivity (Wildman–Crippen MR) is 91.4 cm³/mol. The fourth-order valence-corrected chi connectivity index (χ4v) is 3.35. The molecule has 0 bridgehead atoms. The van der Waals surface area contributed by atoms with E-state index in [9.17, 15) is 4.79 Å². The van der Waals surface area contributed by atoms with Gasteiger partial charge in [-0.1, -0.05) is 0 Å². The molecule has 0 aliphatic carbocycles. The standard InChI is InChI=1S/C16H18N4O4S/c1-11(24-12-2-3-13-14(8-12)23-10-22-13)16(21)20-6-4-19(5-7-20)15-9-17-25-18-15/h2-3,8-9,11H,4-7,10H2,1H3/t11-/m1/s1. The summed E-state index contributed by atoms with van der Waals surface area (Å²) in [7, 11) is 0. The molecule has 2 aliphatic heterocycles. The minimum absolute atomic E-state index is 0.0197. The minimum Gasteiger partial charge on any atom is -0.481 e. The number of hydrogen-bond acceptors (Lipinski definition) is 8. The van der Waals surface area contributed by atoms with E-state index in [0.717, 1.165) is 18.9 Å². The van der Waals surface area contributed by atoms with Crippen LogP contribution in [0.15, 0.2) is 24.4 Å². The van der Waals surface area contributed by atoms with E-state index in [1.54, 1.807) is 31.3 Å². The first-order valence-corrected chi connectivity index (χ1v) is 8.81. The van der Waals surface area contributed by atoms with E-state index in [0.29, 0.717) is 30.3 Å². The van der Waals surface area contributed by atoms with Gasteiger partial charge >= 0.3 is 0 Å². The van der Waals surface area contributed by atoms with Gasteiger partial charge in [0.1, 0.15) is 5.75 Å². The van der Waals surface area contributed by atoms with Crippen molar-refractivity contribution in [2.45, 2.75) is 13.0 Å². The normalized spacial score (nSPS) is 17.5. The van der Waals surface area contributed by atoms with E-state index in [1.807, 2.05) is 4.90 Å². The highest BCUT2D eigenvalue weighted by Gasteiger charge is 2.27. The van der Waals surface area contributed by atoms with E-state index >= 15 is 0 Å². The van der Waals surface area contributed by atoms with Crippen LogP contribution in [0.25, 0.3) is 0 Å². The molecular weight excluding hydrogens is 344 g/mol. The molecule has 1 atom stereocenters. The van der Waals surface area contributed by atoms with Crippen molar-refractivity contribution in [2.75, 3.05) is 37.9 Å². The largest absolute Gasteiger partial charge is 0.481 e. The Morgan fingerprint density at radius 2 is 2.04 bits per heavy atom. The van der Waals surface area contributed by atoms with E-state index in [1.165, 1.54) is 11.7 Å². The summed E-state index contributed by atoms with van der Waals surface area (Å²) in [6.45, 7) is 4.76. The quantitative estimate of drug-likeness (QED) is 0.813. The van der Waals surface area contributed by atoms with Crippen LogP contribution in [0, 0.1) is 0 Å². The third kappa shape index (κ3) is 3.32. The zero-order chi connectivity index (χ0) is 17.2. The molecule has 8 nitrogen and oxygen atoms in total. The van der Waals surface area contributed by atoms with E-state index in [4.69, 9.17) is 14.2 Å². The Bertz CT molecular complexity index is 747. The molecule has 1 aromatic heterocycles. The number of anilines is 1. The number of nitrogens with zero attached hydrogens (tertiary/aromatic N) is 4. The summed E-state index contributed by atoms with van der Waals surface area (Å²) in [5, 5.41) is 0. The minimum atomic E-state index is -0.562. The number of ether oxygens (including phenoxy) is 3. The second-order valence-electron chi connectivity index (χ2n) is 5.85. The zero-order valence-corrected chi connectivity index (χ0v) is 14.6. The van der Waals surface area contributed by atoms with E-state index in [-0.39, 0.29) is 12.7 Å². The number of carbonyl (C=O) groups is 1. The summed E-state index contributed by atoms with van der Waals surface area (Å²) in [4.78, 5) is 16.6. The van der Waals surface area contributed by atoms with Crippen molar-refractivity contribution in [2.24, 2.45) is 0 Å². The Hall–Kier alpha value is -2.55. The van der Waals surface area contributed by atoms with Gasteiger partial charge in [0.25, 0.3) is 5.91 Å². The third-order valence-corrected chi connectivity index (χ3v) is 4.74. The summed E-state index contributed by atoms with van der Waals surface area (Å²) in [6.07, 6.45) is 1.20. The van der Waals surface area contributed by atoms with Crippen molar-refractivity contribution < 1.29 is 19.0 Å². The van der Waals surface area contributed by atoms with Crippen LogP contribution >= 0.6 is 11.7 Å². The molecule has 132 valence electrons. The molecule has 1 fully saturated rings. The average Bonchev–Trinajstić information content (AvgIpc) is 3.32. The molecule has 0 radical (unpaired) electrons. The van der Waals surface area contributed by atoms with Crippen LogP contribution in [-0.4, -0.2) is 58.6 Å². The van der Waals surface area contributed by atoms with Gasteiger partial charge in [-0.05, 0) is 19.1 Å². The molecule has 0 unspecified atom stereocenters. The molecular formula is C16H18N4O4S. The van der Waals surface area contributed by atoms with Gasteiger partial charge < -0.3 is 24.0 Å². The number of piperazine rings is 1. The van der Waals surface area contributed by atoms with Gasteiger partial charge in [-0.2, -0.15) is 8.75 Å². The van der Waals surface area contributed by atoms with Gasteiger partial charge in [-0.3, -0.25) is 4.79 Å². The Labute approximate surface area is 149 Å². The fourth-order valence-electron chi connectivity index (χ4n) is 2.92. The van der Waals surface area contributed by atoms with Crippen molar-refractivity contribution in [1.82, 2.24) is 13.6 Å². The molecule has 4 rings (SSSR count). The summed E-state index contributed by atoms with van der Waals surface area (Å²) in [5.74, 6) is 2.79. The van der Waals surface area contributed by atoms with Crippen LogP contribution in [0.5, 0.6) is 17.2 Å². The zero-order valence-electron chi connectivity index (χ0n) is 13.8. The molecule has 3 heterocycles. The summed E-state index contributed by atoms with van der Waals surface area (Å²) >= 11 is 1.19. The lowest BCUT2D eigenvalue weighted by Gasteiger charge is -2.35. The van der Waals surface area contributed by atoms with Gasteiger partial charge in [0, 0.05) is 32.2 Å². The molecule has 25 heavy (non-hydrogen) atoms. The molecule has 2 aliphatic rings. The second-order valence-corrected chi connectivity index (χ2v) is 6.41. The highest BCUT2D eigenvalue weighted by Crippen LogP contribution is 2.35. The number of fused-ring (bicyclic) bond motifs is 1. The van der Waals surface area contributed by atoms with Gasteiger partial charge in [0.2, 0.25) is 6.79 Å². The van der Waals surface area contributed by atoms with Crippen molar-refractivity contribution >= 4 is 23.5 Å². The van der Waals surface area contributed by atoms with Crippen molar-refractivity contribution in [3.63, 3.8) is 0 Å². The first-order chi connectivity index (χ1) is 12.2. The number of rotatable bonds is 4. The van der Waals surface area contributed by atoms with Crippen LogP contribution in [0.3, 0.4) is 0 Å². The van der Waals surface area contributed by atoms with E-state index < -0.39 is 6.10 Å². The van der Waals surface area contributed by atoms with Crippen LogP contribution in [0.2, 0.25) is 0 Å². The lowest BCUT2D eigenvalue weighted by atomic mass is 10.2. The maximum Gasteiger partial charge on any atom is 0.263 e. The average molecular weight is 362 g/mol. The number of aromatic nitrogens is 2. The smallest absolute Gasteiger partial charge is 0.263 e. The number of hydrogen-bond donors (Lipinski definition) is 0. The maximum absolute atomic E-state index is 12.6. The lowest BCUT2D eigenvalue weighted by Crippen LogP contribution is -2.52. The SMILES string of the molecule is C[C@@H](Oc1ccc2c(c1)OCO2)C(=O)N1CCN(c2cnsn2)CC1. The molecule has 2 aromatic rings. The van der Waals surface area contributed by atoms with Gasteiger partial charge in [0.15, 0.2) is 23.4 Å². The Morgan fingerprint density at radius 3 is 2.80 bits per heavy atom. The summed E-state index contributed by atoms with van der Waals surface area (Å²) in [6, 6.07) is 5.32. The third-order valence-electron chi connectivity index (χ3n) is 4.27. The van der Waals surface area contributed by atoms with Gasteiger partial charge in [-0.15, -0.1) is 0 Å². The van der Waals surface area contributed by atoms with Crippen molar-refractivity contribution in [3.05, 3.63) is 24.4 Å². The first-order valence-electron chi connectivity index (χ1n) is 8.08. The van der Waals surface area contributed by atoms with E-state index in [2.05, 4.69) is 13.6 Å². The van der Waals surface area contributed by atoms with Crippen LogP contribution in [0.1, 0.15) is 6.92 Å². The number of carbonyl (C=O) groups excluding carboxylic acids is 1. The van der Waals surface area contributed by atoms with Crippen molar-refractivity contribution in [3.8, 4) is 17.2 Å². The fraction of sp³-hybridized carbons (Fsp3) is 0.438. The van der Waals surface area contributed by atoms with Crippen molar-refractivity contribution in [1.29, 1.82) is 0 Å². The number of benzene rings is 1. The predicted octanol–water partition coefficient (Wildman–Crippen LogP) is 1.38. The van der Waals surface area contributed by atoms with Crippen LogP contribution < -0.4 is 19.1 Å². The molecule has 1 aromatic carbocycles. The number of amides is 1. The molecule has 9 heteroatoms. The lowest BCUT2D eigenvalue weighted by molar-refractivity contribution is -0.138. The first kappa shape index (κ1) is 15.9. The second kappa shape index (κ2) is 6.75. The van der Waals surface area contributed by atoms with Crippen LogP contribution in [0.4, 0.5) is 5.82 Å². The topological polar surface area (TPSA) is 77.0 Å². The Kier molecular flexibility index (Phi) is 4.31. The molecule has 0 saturated carbocycles. The van der Waals surface area contributed by atoms with Gasteiger partial charge in [0.05, 0.1) is 17.9 Å². The highest BCUT2D eigenvalue weighted by atomic mass is 32.1. The Morgan fingerprint density at radius 1 is 1.24 bits per heavy atom. The molecule has 1 amide bonds. The van der Waals surface area contributed by atoms with Crippen LogP contribution in [-0.2, 0) is 4.79 Å². The summed E-state index contributed by atoms with van der Waals surface area (Å²) in [5.41, 5.74) is 0. The molecule has 0 N–H and O–H groups in total. The van der Waals surface area contributed by atoms with Gasteiger partial charge in [-0.25, -0.2) is 0 Å². The molecule has 1 saturated heterocycles. The Balaban J connectivity index is 1.33.